The number of piperidine rings is 1. The summed E-state index contributed by atoms with van der Waals surface area (Å²) in [6.07, 6.45) is 1.51. The topological polar surface area (TPSA) is 68.5 Å². The fourth-order valence-electron chi connectivity index (χ4n) is 5.46. The molecule has 32 heavy (non-hydrogen) atoms. The van der Waals surface area contributed by atoms with Gasteiger partial charge in [-0.25, -0.2) is 4.39 Å². The summed E-state index contributed by atoms with van der Waals surface area (Å²) in [4.78, 5) is 17.3. The van der Waals surface area contributed by atoms with Gasteiger partial charge in [-0.2, -0.15) is 10.2 Å². The predicted octanol–water partition coefficient (Wildman–Crippen LogP) is 3.46. The van der Waals surface area contributed by atoms with E-state index in [1.54, 1.807) is 17.0 Å². The van der Waals surface area contributed by atoms with E-state index in [1.807, 2.05) is 12.1 Å². The van der Waals surface area contributed by atoms with Crippen molar-refractivity contribution in [2.24, 2.45) is 22.1 Å². The number of carbonyl (C=O) groups is 1. The molecular formula is C25H29FN4O2. The van der Waals surface area contributed by atoms with Crippen LogP contribution in [0.2, 0.25) is 0 Å². The summed E-state index contributed by atoms with van der Waals surface area (Å²) in [7, 11) is 0. The Morgan fingerprint density at radius 2 is 1.97 bits per heavy atom. The molecule has 7 heteroatoms. The number of hydrogen-bond donors (Lipinski definition) is 1. The molecule has 0 saturated carbocycles. The molecule has 0 radical (unpaired) electrons. The van der Waals surface area contributed by atoms with Crippen LogP contribution in [0.25, 0.3) is 0 Å². The van der Waals surface area contributed by atoms with Crippen molar-refractivity contribution in [3.8, 4) is 0 Å². The lowest BCUT2D eigenvalue weighted by Crippen LogP contribution is -2.43. The Morgan fingerprint density at radius 3 is 2.84 bits per heavy atom. The van der Waals surface area contributed by atoms with E-state index in [4.69, 9.17) is 0 Å². The van der Waals surface area contributed by atoms with Crippen LogP contribution in [0.4, 0.5) is 4.39 Å². The van der Waals surface area contributed by atoms with Gasteiger partial charge in [-0.1, -0.05) is 30.3 Å². The van der Waals surface area contributed by atoms with Crippen LogP contribution in [0, 0.1) is 17.7 Å². The van der Waals surface area contributed by atoms with E-state index in [9.17, 15) is 14.3 Å². The molecule has 2 aromatic carbocycles. The van der Waals surface area contributed by atoms with E-state index in [0.29, 0.717) is 44.4 Å². The van der Waals surface area contributed by atoms with Crippen LogP contribution < -0.4 is 0 Å². The third-order valence-corrected chi connectivity index (χ3v) is 7.15. The maximum Gasteiger partial charge on any atom is 0.256 e. The standard InChI is InChI=1S/C25H29FN4O2/c26-23-6-5-17(12-24-21-4-2-1-3-18(21)13-27-28-24)11-22(23)25(32)30-8-7-19-14-29(9-10-31)15-20(19)16-30/h1-6,11,19-20,24,31H,7-10,12-16H2. The summed E-state index contributed by atoms with van der Waals surface area (Å²) in [6.45, 7) is 4.61. The van der Waals surface area contributed by atoms with Gasteiger partial charge in [0.15, 0.2) is 0 Å². The van der Waals surface area contributed by atoms with Crippen molar-refractivity contribution in [3.63, 3.8) is 0 Å². The Labute approximate surface area is 187 Å². The lowest BCUT2D eigenvalue weighted by Gasteiger charge is -2.34. The highest BCUT2D eigenvalue weighted by Crippen LogP contribution is 2.33. The maximum absolute atomic E-state index is 14.7. The van der Waals surface area contributed by atoms with Crippen LogP contribution in [0.5, 0.6) is 0 Å². The van der Waals surface area contributed by atoms with Gasteiger partial charge in [0.25, 0.3) is 5.91 Å². The highest BCUT2D eigenvalue weighted by molar-refractivity contribution is 5.94. The number of β-amino-alcohol motifs (C(OH)–C–C–N with tert-alkyl or cyclic N) is 1. The maximum atomic E-state index is 14.7. The van der Waals surface area contributed by atoms with Gasteiger partial charge in [-0.15, -0.1) is 0 Å². The monoisotopic (exact) mass is 436 g/mol. The molecule has 2 fully saturated rings. The lowest BCUT2D eigenvalue weighted by atomic mass is 9.88. The number of carbonyl (C=O) groups excluding carboxylic acids is 1. The Morgan fingerprint density at radius 1 is 1.12 bits per heavy atom. The average molecular weight is 437 g/mol. The summed E-state index contributed by atoms with van der Waals surface area (Å²) in [6, 6.07) is 12.9. The van der Waals surface area contributed by atoms with Crippen molar-refractivity contribution in [2.45, 2.75) is 25.4 Å². The number of rotatable bonds is 5. The number of nitrogens with zero attached hydrogens (tertiary/aromatic N) is 4. The van der Waals surface area contributed by atoms with Crippen LogP contribution in [0.1, 0.15) is 39.5 Å². The molecule has 2 saturated heterocycles. The van der Waals surface area contributed by atoms with Crippen LogP contribution in [0.15, 0.2) is 52.7 Å². The molecule has 0 aromatic heterocycles. The van der Waals surface area contributed by atoms with E-state index >= 15 is 0 Å². The second-order valence-corrected chi connectivity index (χ2v) is 9.19. The summed E-state index contributed by atoms with van der Waals surface area (Å²) in [5.41, 5.74) is 3.35. The van der Waals surface area contributed by atoms with Crippen molar-refractivity contribution in [1.82, 2.24) is 9.80 Å². The van der Waals surface area contributed by atoms with Gasteiger partial charge < -0.3 is 14.9 Å². The molecule has 3 heterocycles. The van der Waals surface area contributed by atoms with E-state index in [0.717, 1.165) is 30.6 Å². The lowest BCUT2D eigenvalue weighted by molar-refractivity contribution is 0.0637. The first-order chi connectivity index (χ1) is 15.6. The van der Waals surface area contributed by atoms with Gasteiger partial charge in [0.05, 0.1) is 18.7 Å². The van der Waals surface area contributed by atoms with Gasteiger partial charge in [-0.3, -0.25) is 4.79 Å². The Kier molecular flexibility index (Phi) is 6.02. The second-order valence-electron chi connectivity index (χ2n) is 9.19. The Hall–Kier alpha value is -2.64. The van der Waals surface area contributed by atoms with E-state index in [1.165, 1.54) is 11.6 Å². The van der Waals surface area contributed by atoms with Crippen LogP contribution in [-0.4, -0.2) is 60.1 Å². The van der Waals surface area contributed by atoms with Gasteiger partial charge >= 0.3 is 0 Å². The number of fused-ring (bicyclic) bond motifs is 2. The molecule has 1 N–H and O–H groups in total. The Bertz CT molecular complexity index is 1030. The van der Waals surface area contributed by atoms with Crippen molar-refractivity contribution < 1.29 is 14.3 Å². The molecule has 3 aliphatic heterocycles. The fourth-order valence-corrected chi connectivity index (χ4v) is 5.46. The molecule has 3 aliphatic rings. The molecule has 5 rings (SSSR count). The minimum atomic E-state index is -0.472. The normalized spacial score (nSPS) is 24.9. The SMILES string of the molecule is O=C(c1cc(CC2N=NCc3ccccc32)ccc1F)N1CCC2CN(CCO)CC2C1. The van der Waals surface area contributed by atoms with E-state index in [2.05, 4.69) is 27.3 Å². The second kappa shape index (κ2) is 9.08. The first kappa shape index (κ1) is 21.2. The number of azo groups is 1. The van der Waals surface area contributed by atoms with Crippen molar-refractivity contribution in [2.75, 3.05) is 39.3 Å². The van der Waals surface area contributed by atoms with E-state index < -0.39 is 5.82 Å². The van der Waals surface area contributed by atoms with Crippen molar-refractivity contribution in [3.05, 3.63) is 70.5 Å². The molecule has 3 atom stereocenters. The van der Waals surface area contributed by atoms with Crippen molar-refractivity contribution >= 4 is 5.91 Å². The van der Waals surface area contributed by atoms with Crippen LogP contribution in [0.3, 0.4) is 0 Å². The summed E-state index contributed by atoms with van der Waals surface area (Å²) in [5, 5.41) is 17.9. The number of amides is 1. The van der Waals surface area contributed by atoms with Crippen LogP contribution >= 0.6 is 0 Å². The van der Waals surface area contributed by atoms with Gasteiger partial charge in [-0.05, 0) is 47.1 Å². The smallest absolute Gasteiger partial charge is 0.256 e. The minimum absolute atomic E-state index is 0.111. The molecule has 1 amide bonds. The first-order valence-electron chi connectivity index (χ1n) is 11.5. The molecule has 3 unspecified atom stereocenters. The predicted molar refractivity (Wildman–Crippen MR) is 119 cm³/mol. The largest absolute Gasteiger partial charge is 0.395 e. The minimum Gasteiger partial charge on any atom is -0.395 e. The third kappa shape index (κ3) is 4.19. The van der Waals surface area contributed by atoms with E-state index in [-0.39, 0.29) is 24.1 Å². The number of halogens is 1. The average Bonchev–Trinajstić information content (AvgIpc) is 3.22. The molecule has 0 spiro atoms. The van der Waals surface area contributed by atoms with Crippen LogP contribution in [-0.2, 0) is 13.0 Å². The summed E-state index contributed by atoms with van der Waals surface area (Å²) < 4.78 is 14.7. The first-order valence-corrected chi connectivity index (χ1v) is 11.5. The summed E-state index contributed by atoms with van der Waals surface area (Å²) in [5.74, 6) is 0.247. The number of likely N-dealkylation sites (tertiary alicyclic amines) is 2. The molecule has 2 aromatic rings. The number of aliphatic hydroxyl groups is 1. The molecule has 6 nitrogen and oxygen atoms in total. The zero-order valence-electron chi connectivity index (χ0n) is 18.2. The molecule has 0 bridgehead atoms. The number of benzene rings is 2. The van der Waals surface area contributed by atoms with Gasteiger partial charge in [0, 0.05) is 39.1 Å². The molecule has 168 valence electrons. The summed E-state index contributed by atoms with van der Waals surface area (Å²) >= 11 is 0. The quantitative estimate of drug-likeness (QED) is 0.781. The number of hydrogen-bond acceptors (Lipinski definition) is 5. The number of aliphatic hydroxyl groups excluding tert-OH is 1. The third-order valence-electron chi connectivity index (χ3n) is 7.15. The molecular weight excluding hydrogens is 407 g/mol. The fraction of sp³-hybridized carbons (Fsp3) is 0.480. The van der Waals surface area contributed by atoms with Crippen molar-refractivity contribution in [1.29, 1.82) is 0 Å². The zero-order chi connectivity index (χ0) is 22.1. The van der Waals surface area contributed by atoms with Gasteiger partial charge in [0.1, 0.15) is 11.9 Å². The Balaban J connectivity index is 1.31. The zero-order valence-corrected chi connectivity index (χ0v) is 18.2. The highest BCUT2D eigenvalue weighted by atomic mass is 19.1. The molecule has 0 aliphatic carbocycles. The van der Waals surface area contributed by atoms with Gasteiger partial charge in [0.2, 0.25) is 0 Å². The highest BCUT2D eigenvalue weighted by Gasteiger charge is 2.38.